The van der Waals surface area contributed by atoms with Crippen molar-refractivity contribution in [3.63, 3.8) is 0 Å². The van der Waals surface area contributed by atoms with Crippen LogP contribution in [-0.4, -0.2) is 41.3 Å². The molecule has 168 valence electrons. The van der Waals surface area contributed by atoms with Crippen LogP contribution in [0.25, 0.3) is 11.6 Å². The summed E-state index contributed by atoms with van der Waals surface area (Å²) in [7, 11) is 0. The highest BCUT2D eigenvalue weighted by molar-refractivity contribution is 7.13. The van der Waals surface area contributed by atoms with Gasteiger partial charge in [0.25, 0.3) is 0 Å². The number of piperidine rings is 1. The third kappa shape index (κ3) is 4.51. The minimum Gasteiger partial charge on any atom is -0.465 e. The number of rotatable bonds is 4. The normalized spacial score (nSPS) is 20.6. The van der Waals surface area contributed by atoms with E-state index >= 15 is 0 Å². The van der Waals surface area contributed by atoms with Crippen LogP contribution in [0.15, 0.2) is 42.0 Å². The Bertz CT molecular complexity index is 1080. The van der Waals surface area contributed by atoms with E-state index in [1.54, 1.807) is 23.2 Å². The minimum atomic E-state index is -0.829. The van der Waals surface area contributed by atoms with Crippen LogP contribution in [0.5, 0.6) is 0 Å². The molecule has 1 fully saturated rings. The summed E-state index contributed by atoms with van der Waals surface area (Å²) >= 11 is 1.73. The summed E-state index contributed by atoms with van der Waals surface area (Å²) in [5, 5.41) is 9.61. The fraction of sp³-hybridized carbons (Fsp3) is 0.385. The van der Waals surface area contributed by atoms with Gasteiger partial charge < -0.3 is 14.7 Å². The summed E-state index contributed by atoms with van der Waals surface area (Å²) < 4.78 is 5.02. The van der Waals surface area contributed by atoms with Gasteiger partial charge in [-0.15, -0.1) is 11.3 Å². The molecule has 1 aromatic carbocycles. The van der Waals surface area contributed by atoms with Crippen molar-refractivity contribution in [2.75, 3.05) is 13.2 Å². The lowest BCUT2D eigenvalue weighted by molar-refractivity contribution is -0.137. The zero-order chi connectivity index (χ0) is 22.7. The molecule has 0 saturated carbocycles. The van der Waals surface area contributed by atoms with Crippen LogP contribution in [-0.2, 0) is 22.4 Å². The summed E-state index contributed by atoms with van der Waals surface area (Å²) in [5.74, 6) is -0.327. The largest absolute Gasteiger partial charge is 0.465 e. The Labute approximate surface area is 193 Å². The molecule has 2 heterocycles. The van der Waals surface area contributed by atoms with Gasteiger partial charge in [-0.2, -0.15) is 0 Å². The van der Waals surface area contributed by atoms with E-state index in [-0.39, 0.29) is 12.0 Å². The number of fused-ring (bicyclic) bond motifs is 2. The summed E-state index contributed by atoms with van der Waals surface area (Å²) in [6, 6.07) is 10.8. The number of carbonyl (C=O) groups is 2. The van der Waals surface area contributed by atoms with Gasteiger partial charge in [-0.05, 0) is 73.4 Å². The maximum Gasteiger partial charge on any atom is 0.407 e. The Kier molecular flexibility index (Phi) is 6.80. The molecule has 0 bridgehead atoms. The predicted molar refractivity (Wildman–Crippen MR) is 128 cm³/mol. The first-order chi connectivity index (χ1) is 15.5. The molecule has 0 radical (unpaired) electrons. The summed E-state index contributed by atoms with van der Waals surface area (Å²) in [5.41, 5.74) is 6.44. The van der Waals surface area contributed by atoms with Gasteiger partial charge in [-0.25, -0.2) is 9.59 Å². The summed E-state index contributed by atoms with van der Waals surface area (Å²) in [4.78, 5) is 27.4. The fourth-order valence-corrected chi connectivity index (χ4v) is 5.88. The molecule has 5 nitrogen and oxygen atoms in total. The molecule has 1 aliphatic heterocycles. The van der Waals surface area contributed by atoms with Crippen molar-refractivity contribution in [2.24, 2.45) is 0 Å². The first-order valence-electron chi connectivity index (χ1n) is 11.3. The number of hydrogen-bond donors (Lipinski definition) is 1. The highest BCUT2D eigenvalue weighted by atomic mass is 32.1. The molecule has 6 heteroatoms. The Morgan fingerprint density at radius 2 is 2.00 bits per heavy atom. The van der Waals surface area contributed by atoms with Crippen LogP contribution < -0.4 is 0 Å². The smallest absolute Gasteiger partial charge is 0.407 e. The van der Waals surface area contributed by atoms with Gasteiger partial charge in [0.1, 0.15) is 0 Å². The number of likely N-dealkylation sites (tertiary alicyclic amines) is 1. The molecule has 0 spiro atoms. The predicted octanol–water partition coefficient (Wildman–Crippen LogP) is 5.78. The zero-order valence-electron chi connectivity index (χ0n) is 18.6. The summed E-state index contributed by atoms with van der Waals surface area (Å²) in [6.07, 6.45) is 6.74. The van der Waals surface area contributed by atoms with Crippen molar-refractivity contribution in [1.82, 2.24) is 4.90 Å². The second-order valence-corrected chi connectivity index (χ2v) is 9.37. The number of carboxylic acid groups (broad SMARTS) is 1. The average Bonchev–Trinajstić information content (AvgIpc) is 3.13. The quantitative estimate of drug-likeness (QED) is 0.473. The van der Waals surface area contributed by atoms with Gasteiger partial charge in [0.05, 0.1) is 6.61 Å². The molecule has 1 unspecified atom stereocenters. The van der Waals surface area contributed by atoms with Crippen molar-refractivity contribution >= 4 is 35.0 Å². The topological polar surface area (TPSA) is 66.8 Å². The van der Waals surface area contributed by atoms with E-state index in [0.29, 0.717) is 13.2 Å². The van der Waals surface area contributed by atoms with E-state index in [2.05, 4.69) is 37.3 Å². The van der Waals surface area contributed by atoms with Crippen molar-refractivity contribution < 1.29 is 19.4 Å². The van der Waals surface area contributed by atoms with Crippen molar-refractivity contribution in [3.05, 3.63) is 68.4 Å². The first-order valence-corrected chi connectivity index (χ1v) is 12.1. The molecule has 4 rings (SSSR count). The molecule has 2 aliphatic rings. The number of thiophene rings is 1. The molecular formula is C26H29NO4S. The van der Waals surface area contributed by atoms with Crippen LogP contribution >= 0.6 is 11.3 Å². The number of benzene rings is 1. The number of carbonyl (C=O) groups excluding carboxylic acids is 1. The highest BCUT2D eigenvalue weighted by Crippen LogP contribution is 2.43. The molecule has 1 N–H and O–H groups in total. The number of hydrogen-bond acceptors (Lipinski definition) is 4. The van der Waals surface area contributed by atoms with E-state index in [0.717, 1.165) is 37.0 Å². The number of ether oxygens (including phenoxy) is 1. The minimum absolute atomic E-state index is 0.00410. The second-order valence-electron chi connectivity index (χ2n) is 8.20. The Hall–Kier alpha value is -2.86. The Balaban J connectivity index is 1.79. The molecule has 1 aliphatic carbocycles. The Morgan fingerprint density at radius 1 is 1.19 bits per heavy atom. The van der Waals surface area contributed by atoms with Crippen LogP contribution in [0.2, 0.25) is 0 Å². The van der Waals surface area contributed by atoms with E-state index < -0.39 is 6.09 Å². The molecule has 2 aromatic rings. The van der Waals surface area contributed by atoms with Gasteiger partial charge >= 0.3 is 12.1 Å². The number of amides is 1. The maximum atomic E-state index is 11.8. The van der Waals surface area contributed by atoms with Gasteiger partial charge in [-0.3, -0.25) is 0 Å². The molecule has 1 amide bonds. The van der Waals surface area contributed by atoms with Crippen LogP contribution in [0.4, 0.5) is 4.79 Å². The molecule has 1 saturated heterocycles. The maximum absolute atomic E-state index is 11.8. The van der Waals surface area contributed by atoms with Crippen LogP contribution in [0.3, 0.4) is 0 Å². The first kappa shape index (κ1) is 22.3. The van der Waals surface area contributed by atoms with Gasteiger partial charge in [0.2, 0.25) is 0 Å². The van der Waals surface area contributed by atoms with Crippen molar-refractivity contribution in [3.8, 4) is 0 Å². The van der Waals surface area contributed by atoms with Crippen LogP contribution in [0, 0.1) is 0 Å². The molecule has 32 heavy (non-hydrogen) atoms. The van der Waals surface area contributed by atoms with E-state index in [9.17, 15) is 14.7 Å². The third-order valence-electron chi connectivity index (χ3n) is 6.32. The number of esters is 1. The van der Waals surface area contributed by atoms with E-state index in [1.807, 2.05) is 6.08 Å². The lowest BCUT2D eigenvalue weighted by Crippen LogP contribution is -2.43. The second kappa shape index (κ2) is 9.74. The lowest BCUT2D eigenvalue weighted by atomic mass is 9.84. The Morgan fingerprint density at radius 3 is 2.75 bits per heavy atom. The molecular weight excluding hydrogens is 422 g/mol. The highest BCUT2D eigenvalue weighted by Gasteiger charge is 2.31. The van der Waals surface area contributed by atoms with Crippen molar-refractivity contribution in [2.45, 2.75) is 52.0 Å². The SMILES string of the molecule is CCOC(=O)C=Cc1cc2c(s1)CCc1ccccc1C2=C1CCN(C(=O)O)C(CC)C1. The average molecular weight is 452 g/mol. The molecule has 1 atom stereocenters. The standard InChI is InChI=1S/C26H29NO4S/c1-3-19-15-18(13-14-27(19)26(29)30)25-21-8-6-5-7-17(21)9-11-23-22(25)16-20(32-23)10-12-24(28)31-4-2/h5-8,10,12,16,19H,3-4,9,11,13-15H2,1-2H3,(H,29,30). The van der Waals surface area contributed by atoms with Gasteiger partial charge in [0, 0.05) is 28.4 Å². The van der Waals surface area contributed by atoms with Gasteiger partial charge in [0.15, 0.2) is 0 Å². The van der Waals surface area contributed by atoms with Crippen LogP contribution in [0.1, 0.15) is 59.6 Å². The number of aryl methyl sites for hydroxylation is 2. The monoisotopic (exact) mass is 451 g/mol. The van der Waals surface area contributed by atoms with Crippen molar-refractivity contribution in [1.29, 1.82) is 0 Å². The zero-order valence-corrected chi connectivity index (χ0v) is 19.4. The lowest BCUT2D eigenvalue weighted by Gasteiger charge is -2.35. The van der Waals surface area contributed by atoms with E-state index in [4.69, 9.17) is 4.74 Å². The van der Waals surface area contributed by atoms with Gasteiger partial charge in [-0.1, -0.05) is 36.8 Å². The number of nitrogens with zero attached hydrogens (tertiary/aromatic N) is 1. The summed E-state index contributed by atoms with van der Waals surface area (Å²) in [6.45, 7) is 4.75. The third-order valence-corrected chi connectivity index (χ3v) is 7.48. The van der Waals surface area contributed by atoms with E-state index in [1.165, 1.54) is 38.8 Å². The molecule has 1 aromatic heterocycles. The fourth-order valence-electron chi connectivity index (χ4n) is 4.80.